The first kappa shape index (κ1) is 14.2. The molecule has 6 heteroatoms. The molecule has 0 aliphatic heterocycles. The van der Waals surface area contributed by atoms with Crippen molar-refractivity contribution in [3.05, 3.63) is 65.7 Å². The average Bonchev–Trinajstić information content (AvgIpc) is 2.95. The Balaban J connectivity index is 1.65. The smallest absolute Gasteiger partial charge is 0.253 e. The monoisotopic (exact) mass is 299 g/mol. The highest BCUT2D eigenvalue weighted by Gasteiger charge is 2.17. The van der Waals surface area contributed by atoms with Crippen LogP contribution in [0, 0.1) is 5.82 Å². The van der Waals surface area contributed by atoms with Crippen LogP contribution in [-0.4, -0.2) is 21.0 Å². The Morgan fingerprint density at radius 3 is 2.68 bits per heavy atom. The molecule has 1 atom stereocenters. The van der Waals surface area contributed by atoms with Crippen molar-refractivity contribution in [2.75, 3.05) is 0 Å². The zero-order valence-corrected chi connectivity index (χ0v) is 11.6. The summed E-state index contributed by atoms with van der Waals surface area (Å²) in [5.41, 5.74) is 2.03. The molecule has 3 N–H and O–H groups in total. The van der Waals surface area contributed by atoms with Gasteiger partial charge in [0.05, 0.1) is 17.6 Å². The second kappa shape index (κ2) is 5.95. The topological polar surface area (TPSA) is 78.0 Å². The lowest BCUT2D eigenvalue weighted by Crippen LogP contribution is -2.29. The van der Waals surface area contributed by atoms with Crippen molar-refractivity contribution < 1.29 is 14.3 Å². The molecule has 1 aromatic heterocycles. The van der Waals surface area contributed by atoms with E-state index < -0.39 is 17.8 Å². The minimum Gasteiger partial charge on any atom is -0.378 e. The second-order valence-electron chi connectivity index (χ2n) is 4.87. The number of hydrogen-bond acceptors (Lipinski definition) is 3. The van der Waals surface area contributed by atoms with Gasteiger partial charge in [-0.25, -0.2) is 9.37 Å². The van der Waals surface area contributed by atoms with Crippen molar-refractivity contribution in [2.45, 2.75) is 12.6 Å². The molecule has 3 aromatic rings. The van der Waals surface area contributed by atoms with Crippen molar-refractivity contribution in [2.24, 2.45) is 0 Å². The predicted molar refractivity (Wildman–Crippen MR) is 79.3 cm³/mol. The van der Waals surface area contributed by atoms with Gasteiger partial charge >= 0.3 is 0 Å². The van der Waals surface area contributed by atoms with Crippen molar-refractivity contribution >= 4 is 16.9 Å². The summed E-state index contributed by atoms with van der Waals surface area (Å²) in [5, 5.41) is 12.5. The highest BCUT2D eigenvalue weighted by atomic mass is 19.1. The molecule has 0 fully saturated rings. The molecule has 1 amide bonds. The number of carbonyl (C=O) groups is 1. The summed E-state index contributed by atoms with van der Waals surface area (Å²) in [5.74, 6) is -0.383. The molecule has 22 heavy (non-hydrogen) atoms. The normalized spacial score (nSPS) is 12.3. The van der Waals surface area contributed by atoms with Gasteiger partial charge in [-0.15, -0.1) is 0 Å². The van der Waals surface area contributed by atoms with E-state index >= 15 is 0 Å². The zero-order valence-electron chi connectivity index (χ0n) is 11.6. The van der Waals surface area contributed by atoms with E-state index in [9.17, 15) is 14.3 Å². The van der Waals surface area contributed by atoms with Gasteiger partial charge in [0.25, 0.3) is 5.91 Å². The molecule has 5 nitrogen and oxygen atoms in total. The summed E-state index contributed by atoms with van der Waals surface area (Å²) in [4.78, 5) is 19.3. The molecule has 112 valence electrons. The maximum absolute atomic E-state index is 12.8. The van der Waals surface area contributed by atoms with E-state index in [4.69, 9.17) is 0 Å². The number of rotatable bonds is 4. The lowest BCUT2D eigenvalue weighted by Gasteiger charge is -2.10. The number of nitrogens with one attached hydrogen (secondary N) is 2. The largest absolute Gasteiger partial charge is 0.378 e. The summed E-state index contributed by atoms with van der Waals surface area (Å²) < 4.78 is 12.8. The van der Waals surface area contributed by atoms with E-state index in [0.29, 0.717) is 11.4 Å². The van der Waals surface area contributed by atoms with Gasteiger partial charge in [-0.05, 0) is 29.8 Å². The standard InChI is InChI=1S/C16H14FN3O2/c17-11-7-5-10(6-8-11)15(21)16(22)18-9-14-19-12-3-1-2-4-13(12)20-14/h1-8,15,21H,9H2,(H,18,22)(H,19,20)/t15-/m1/s1. The number of aliphatic hydroxyl groups is 1. The first-order valence-electron chi connectivity index (χ1n) is 6.78. The van der Waals surface area contributed by atoms with Crippen molar-refractivity contribution in [1.82, 2.24) is 15.3 Å². The number of H-pyrrole nitrogens is 1. The molecule has 2 aromatic carbocycles. The highest BCUT2D eigenvalue weighted by Crippen LogP contribution is 2.14. The fraction of sp³-hybridized carbons (Fsp3) is 0.125. The van der Waals surface area contributed by atoms with Crippen LogP contribution in [0.25, 0.3) is 11.0 Å². The number of aliphatic hydroxyl groups excluding tert-OH is 1. The Morgan fingerprint density at radius 2 is 1.95 bits per heavy atom. The van der Waals surface area contributed by atoms with E-state index in [1.165, 1.54) is 24.3 Å². The minimum atomic E-state index is -1.34. The molecule has 0 unspecified atom stereocenters. The SMILES string of the molecule is O=C(NCc1nc2ccccc2[nH]1)[C@H](O)c1ccc(F)cc1. The third kappa shape index (κ3) is 2.96. The van der Waals surface area contributed by atoms with Crippen LogP contribution in [0.4, 0.5) is 4.39 Å². The molecule has 0 saturated carbocycles. The maximum atomic E-state index is 12.8. The van der Waals surface area contributed by atoms with Gasteiger partial charge in [-0.2, -0.15) is 0 Å². The van der Waals surface area contributed by atoms with Crippen LogP contribution >= 0.6 is 0 Å². The number of carbonyl (C=O) groups excluding carboxylic acids is 1. The number of benzene rings is 2. The van der Waals surface area contributed by atoms with E-state index in [1.54, 1.807) is 0 Å². The maximum Gasteiger partial charge on any atom is 0.253 e. The van der Waals surface area contributed by atoms with Gasteiger partial charge in [0.1, 0.15) is 11.6 Å². The van der Waals surface area contributed by atoms with Crippen LogP contribution in [0.3, 0.4) is 0 Å². The number of para-hydroxylation sites is 2. The molecule has 3 rings (SSSR count). The summed E-state index contributed by atoms with van der Waals surface area (Å²) in [6.07, 6.45) is -1.34. The molecule has 0 aliphatic carbocycles. The van der Waals surface area contributed by atoms with Crippen molar-refractivity contribution in [3.63, 3.8) is 0 Å². The Bertz CT molecular complexity index is 766. The molecule has 0 saturated heterocycles. The summed E-state index contributed by atoms with van der Waals surface area (Å²) in [6.45, 7) is 0.172. The van der Waals surface area contributed by atoms with E-state index in [0.717, 1.165) is 11.0 Å². The van der Waals surface area contributed by atoms with E-state index in [-0.39, 0.29) is 6.54 Å². The number of fused-ring (bicyclic) bond motifs is 1. The third-order valence-electron chi connectivity index (χ3n) is 3.30. The number of halogens is 1. The third-order valence-corrected chi connectivity index (χ3v) is 3.30. The Morgan fingerprint density at radius 1 is 1.23 bits per heavy atom. The lowest BCUT2D eigenvalue weighted by atomic mass is 10.1. The predicted octanol–water partition coefficient (Wildman–Crippen LogP) is 2.05. The highest BCUT2D eigenvalue weighted by molar-refractivity contribution is 5.82. The number of imidazole rings is 1. The summed E-state index contributed by atoms with van der Waals surface area (Å²) in [7, 11) is 0. The van der Waals surface area contributed by atoms with Gasteiger partial charge in [0.15, 0.2) is 6.10 Å². The van der Waals surface area contributed by atoms with Crippen LogP contribution in [-0.2, 0) is 11.3 Å². The molecular weight excluding hydrogens is 285 g/mol. The second-order valence-corrected chi connectivity index (χ2v) is 4.87. The fourth-order valence-electron chi connectivity index (χ4n) is 2.15. The van der Waals surface area contributed by atoms with Gasteiger partial charge in [0, 0.05) is 0 Å². The Kier molecular flexibility index (Phi) is 3.84. The van der Waals surface area contributed by atoms with Gasteiger partial charge < -0.3 is 15.4 Å². The molecule has 1 heterocycles. The molecular formula is C16H14FN3O2. The molecule has 0 aliphatic rings. The number of aromatic nitrogens is 2. The summed E-state index contributed by atoms with van der Waals surface area (Å²) in [6, 6.07) is 12.7. The first-order chi connectivity index (χ1) is 10.6. The van der Waals surface area contributed by atoms with Crippen LogP contribution in [0.5, 0.6) is 0 Å². The quantitative estimate of drug-likeness (QED) is 0.690. The van der Waals surface area contributed by atoms with Crippen molar-refractivity contribution in [3.8, 4) is 0 Å². The number of nitrogens with zero attached hydrogens (tertiary/aromatic N) is 1. The average molecular weight is 299 g/mol. The number of amides is 1. The fourth-order valence-corrected chi connectivity index (χ4v) is 2.15. The van der Waals surface area contributed by atoms with Crippen LogP contribution in [0.1, 0.15) is 17.5 Å². The van der Waals surface area contributed by atoms with E-state index in [1.807, 2.05) is 24.3 Å². The minimum absolute atomic E-state index is 0.172. The van der Waals surface area contributed by atoms with Crippen LogP contribution in [0.2, 0.25) is 0 Å². The molecule has 0 bridgehead atoms. The number of hydrogen-bond donors (Lipinski definition) is 3. The Hall–Kier alpha value is -2.73. The molecule has 0 spiro atoms. The lowest BCUT2D eigenvalue weighted by molar-refractivity contribution is -0.129. The van der Waals surface area contributed by atoms with Crippen molar-refractivity contribution in [1.29, 1.82) is 0 Å². The summed E-state index contributed by atoms with van der Waals surface area (Å²) >= 11 is 0. The van der Waals surface area contributed by atoms with Crippen LogP contribution in [0.15, 0.2) is 48.5 Å². The Labute approximate surface area is 125 Å². The van der Waals surface area contributed by atoms with Crippen LogP contribution < -0.4 is 5.32 Å². The van der Waals surface area contributed by atoms with Gasteiger partial charge in [-0.1, -0.05) is 24.3 Å². The molecule has 0 radical (unpaired) electrons. The van der Waals surface area contributed by atoms with Gasteiger partial charge in [-0.3, -0.25) is 4.79 Å². The first-order valence-corrected chi connectivity index (χ1v) is 6.78. The zero-order chi connectivity index (χ0) is 15.5. The number of aromatic amines is 1. The van der Waals surface area contributed by atoms with Gasteiger partial charge in [0.2, 0.25) is 0 Å². The van der Waals surface area contributed by atoms with E-state index in [2.05, 4.69) is 15.3 Å².